The van der Waals surface area contributed by atoms with E-state index in [1.54, 1.807) is 0 Å². The molecule has 3 aliphatic rings. The van der Waals surface area contributed by atoms with E-state index in [4.69, 9.17) is 9.90 Å². The number of ketones is 1. The highest BCUT2D eigenvalue weighted by atomic mass is 32.1. The molecule has 28 heavy (non-hydrogen) atoms. The van der Waals surface area contributed by atoms with E-state index < -0.39 is 0 Å². The number of carbonyl (C=O) groups is 2. The van der Waals surface area contributed by atoms with Crippen LogP contribution in [0.1, 0.15) is 43.6 Å². The first-order valence-electron chi connectivity index (χ1n) is 10.1. The summed E-state index contributed by atoms with van der Waals surface area (Å²) in [5.74, 6) is 1.50. The Morgan fingerprint density at radius 2 is 2.00 bits per heavy atom. The number of fused-ring (bicyclic) bond motifs is 4. The number of nitrogens with zero attached hydrogens (tertiary/aromatic N) is 3. The predicted octanol–water partition coefficient (Wildman–Crippen LogP) is 3.76. The Morgan fingerprint density at radius 3 is 2.57 bits per heavy atom. The molecule has 0 spiro atoms. The molecule has 1 aromatic heterocycles. The summed E-state index contributed by atoms with van der Waals surface area (Å²) in [6.45, 7) is 9.58. The number of piperidine rings is 3. The Morgan fingerprint density at radius 1 is 1.32 bits per heavy atom. The first-order valence-corrected chi connectivity index (χ1v) is 10.9. The van der Waals surface area contributed by atoms with Gasteiger partial charge in [0.2, 0.25) is 0 Å². The van der Waals surface area contributed by atoms with Crippen molar-refractivity contribution in [2.45, 2.75) is 33.1 Å². The van der Waals surface area contributed by atoms with Crippen LogP contribution in [0.25, 0.3) is 10.1 Å². The number of rotatable bonds is 6. The van der Waals surface area contributed by atoms with Crippen LogP contribution in [0.3, 0.4) is 0 Å². The second kappa shape index (κ2) is 9.47. The van der Waals surface area contributed by atoms with Crippen LogP contribution >= 0.6 is 11.5 Å². The molecule has 0 amide bonds. The van der Waals surface area contributed by atoms with Gasteiger partial charge in [-0.3, -0.25) is 9.59 Å². The number of benzene rings is 1. The van der Waals surface area contributed by atoms with Gasteiger partial charge in [0.05, 0.1) is 4.70 Å². The Labute approximate surface area is 170 Å². The van der Waals surface area contributed by atoms with E-state index in [0.29, 0.717) is 18.0 Å². The lowest BCUT2D eigenvalue weighted by Crippen LogP contribution is -2.47. The number of carboxylic acid groups (broad SMARTS) is 1. The molecule has 3 aliphatic heterocycles. The average molecular weight is 404 g/mol. The van der Waals surface area contributed by atoms with Crippen molar-refractivity contribution in [1.29, 1.82) is 0 Å². The standard InChI is InChI=1S/C20H27N3OS.CH2O2/c1-3-23(4-2)16-5-6-19-17(12-16)20(21-25-19)18(24)11-15-13-22-9-7-14(15)8-10-22;2-1-3/h5-6,12,14-15H,3-4,7-11,13H2,1-2H3;1H,(H,2,3)/t15-;/m1./s1. The van der Waals surface area contributed by atoms with Gasteiger partial charge in [0.15, 0.2) is 5.78 Å². The maximum atomic E-state index is 13.0. The number of carbonyl (C=O) groups excluding carboxylic acids is 1. The summed E-state index contributed by atoms with van der Waals surface area (Å²) < 4.78 is 5.65. The molecule has 2 aromatic rings. The van der Waals surface area contributed by atoms with Crippen LogP contribution in [-0.4, -0.2) is 59.4 Å². The number of hydrogen-bond donors (Lipinski definition) is 1. The van der Waals surface area contributed by atoms with Crippen molar-refractivity contribution in [2.24, 2.45) is 11.8 Å². The van der Waals surface area contributed by atoms with Crippen LogP contribution in [0.15, 0.2) is 18.2 Å². The molecule has 0 saturated carbocycles. The highest BCUT2D eigenvalue weighted by Crippen LogP contribution is 2.36. The normalized spacial score (nSPS) is 23.1. The number of anilines is 1. The highest BCUT2D eigenvalue weighted by molar-refractivity contribution is 7.13. The summed E-state index contributed by atoms with van der Waals surface area (Å²) in [5, 5.41) is 7.93. The van der Waals surface area contributed by atoms with E-state index >= 15 is 0 Å². The number of hydrogen-bond acceptors (Lipinski definition) is 6. The molecule has 5 rings (SSSR count). The monoisotopic (exact) mass is 403 g/mol. The van der Waals surface area contributed by atoms with Gasteiger partial charge < -0.3 is 14.9 Å². The van der Waals surface area contributed by atoms with Gasteiger partial charge in [-0.25, -0.2) is 0 Å². The average Bonchev–Trinajstić information content (AvgIpc) is 3.14. The first kappa shape index (κ1) is 20.7. The predicted molar refractivity (Wildman–Crippen MR) is 113 cm³/mol. The molecular formula is C21H29N3O3S. The molecule has 0 radical (unpaired) electrons. The zero-order valence-electron chi connectivity index (χ0n) is 16.6. The fraction of sp³-hybridized carbons (Fsp3) is 0.571. The summed E-state index contributed by atoms with van der Waals surface area (Å²) in [6, 6.07) is 6.43. The van der Waals surface area contributed by atoms with Crippen LogP contribution in [0, 0.1) is 11.8 Å². The third-order valence-corrected chi connectivity index (χ3v) is 6.91. The van der Waals surface area contributed by atoms with E-state index in [0.717, 1.165) is 35.6 Å². The van der Waals surface area contributed by atoms with Crippen molar-refractivity contribution in [2.75, 3.05) is 37.6 Å². The Bertz CT molecular complexity index is 810. The summed E-state index contributed by atoms with van der Waals surface area (Å²) in [5.41, 5.74) is 1.89. The van der Waals surface area contributed by atoms with Crippen molar-refractivity contribution in [3.8, 4) is 0 Å². The lowest BCUT2D eigenvalue weighted by molar-refractivity contribution is -0.122. The molecule has 3 saturated heterocycles. The number of Topliss-reactive ketones (excluding diaryl/α,β-unsaturated/α-hetero) is 1. The molecule has 7 heteroatoms. The SMILES string of the molecule is CCN(CC)c1ccc2snc(C(=O)C[C@@H]3CN4CCC3CC4)c2c1.O=CO. The smallest absolute Gasteiger partial charge is 0.290 e. The van der Waals surface area contributed by atoms with Crippen molar-refractivity contribution >= 4 is 39.6 Å². The fourth-order valence-corrected chi connectivity index (χ4v) is 5.34. The molecule has 1 aromatic carbocycles. The quantitative estimate of drug-likeness (QED) is 0.585. The molecule has 3 fully saturated rings. The van der Waals surface area contributed by atoms with Crippen LogP contribution in [0.2, 0.25) is 0 Å². The van der Waals surface area contributed by atoms with E-state index in [1.807, 2.05) is 0 Å². The molecule has 4 heterocycles. The van der Waals surface area contributed by atoms with Gasteiger partial charge in [-0.1, -0.05) is 0 Å². The van der Waals surface area contributed by atoms with Gasteiger partial charge in [-0.05, 0) is 81.3 Å². The minimum atomic E-state index is -0.250. The summed E-state index contributed by atoms with van der Waals surface area (Å²) in [4.78, 5) is 26.2. The van der Waals surface area contributed by atoms with Gasteiger partial charge in [0.25, 0.3) is 6.47 Å². The Balaban J connectivity index is 0.000000706. The van der Waals surface area contributed by atoms with Crippen LogP contribution in [-0.2, 0) is 4.79 Å². The van der Waals surface area contributed by atoms with Crippen LogP contribution in [0.5, 0.6) is 0 Å². The zero-order chi connectivity index (χ0) is 20.1. The fourth-order valence-electron chi connectivity index (χ4n) is 4.57. The van der Waals surface area contributed by atoms with Crippen LogP contribution < -0.4 is 4.90 Å². The molecule has 6 nitrogen and oxygen atoms in total. The van der Waals surface area contributed by atoms with Crippen molar-refractivity contribution in [3.63, 3.8) is 0 Å². The lowest BCUT2D eigenvalue weighted by atomic mass is 9.76. The maximum Gasteiger partial charge on any atom is 0.290 e. The van der Waals surface area contributed by atoms with E-state index in [1.165, 1.54) is 43.2 Å². The van der Waals surface area contributed by atoms with Crippen LogP contribution in [0.4, 0.5) is 5.69 Å². The first-order chi connectivity index (χ1) is 13.6. The second-order valence-corrected chi connectivity index (χ2v) is 8.32. The third-order valence-electron chi connectivity index (χ3n) is 6.09. The largest absolute Gasteiger partial charge is 0.483 e. The molecular weight excluding hydrogens is 374 g/mol. The molecule has 2 bridgehead atoms. The van der Waals surface area contributed by atoms with Crippen molar-refractivity contribution in [1.82, 2.24) is 9.27 Å². The summed E-state index contributed by atoms with van der Waals surface area (Å²) in [7, 11) is 0. The highest BCUT2D eigenvalue weighted by Gasteiger charge is 2.35. The summed E-state index contributed by atoms with van der Waals surface area (Å²) in [6.07, 6.45) is 3.19. The van der Waals surface area contributed by atoms with E-state index in [2.05, 4.69) is 46.2 Å². The van der Waals surface area contributed by atoms with E-state index in [9.17, 15) is 4.79 Å². The van der Waals surface area contributed by atoms with Gasteiger partial charge in [0.1, 0.15) is 5.69 Å². The number of aromatic nitrogens is 1. The minimum Gasteiger partial charge on any atom is -0.483 e. The van der Waals surface area contributed by atoms with Gasteiger partial charge in [-0.2, -0.15) is 4.37 Å². The van der Waals surface area contributed by atoms with Gasteiger partial charge >= 0.3 is 0 Å². The molecule has 0 unspecified atom stereocenters. The molecule has 1 N–H and O–H groups in total. The molecule has 152 valence electrons. The Kier molecular flexibility index (Phi) is 7.02. The topological polar surface area (TPSA) is 73.7 Å². The third kappa shape index (κ3) is 4.36. The zero-order valence-corrected chi connectivity index (χ0v) is 17.5. The molecule has 1 atom stereocenters. The molecule has 0 aliphatic carbocycles. The summed E-state index contributed by atoms with van der Waals surface area (Å²) >= 11 is 1.46. The van der Waals surface area contributed by atoms with Gasteiger partial charge in [-0.15, -0.1) is 0 Å². The minimum absolute atomic E-state index is 0.238. The second-order valence-electron chi connectivity index (χ2n) is 7.51. The van der Waals surface area contributed by atoms with Crippen molar-refractivity contribution in [3.05, 3.63) is 23.9 Å². The maximum absolute atomic E-state index is 13.0. The lowest BCUT2D eigenvalue weighted by Gasteiger charge is -2.44. The van der Waals surface area contributed by atoms with Crippen molar-refractivity contribution < 1.29 is 14.7 Å². The Hall–Kier alpha value is -1.99. The van der Waals surface area contributed by atoms with Gasteiger partial charge in [0, 0.05) is 37.1 Å². The van der Waals surface area contributed by atoms with E-state index in [-0.39, 0.29) is 12.3 Å².